The third kappa shape index (κ3) is 2.35. The summed E-state index contributed by atoms with van der Waals surface area (Å²) in [6, 6.07) is 10.0. The number of hydrogen-bond donors (Lipinski definition) is 0. The Labute approximate surface area is 106 Å². The Hall–Kier alpha value is -2.28. The van der Waals surface area contributed by atoms with Gasteiger partial charge in [0.2, 0.25) is 0 Å². The number of aromatic nitrogens is 1. The summed E-state index contributed by atoms with van der Waals surface area (Å²) in [5.74, 6) is 1.69. The molecule has 2 aromatic rings. The van der Waals surface area contributed by atoms with Gasteiger partial charge in [-0.05, 0) is 23.6 Å². The lowest BCUT2D eigenvalue weighted by Crippen LogP contribution is -2.19. The SMILES string of the molecule is COc1ccc2ccnc(N(C)CCC#N)c2c1. The molecule has 0 aliphatic carbocycles. The number of methoxy groups -OCH3 is 1. The van der Waals surface area contributed by atoms with E-state index in [1.54, 1.807) is 13.3 Å². The molecule has 0 spiro atoms. The number of anilines is 1. The van der Waals surface area contributed by atoms with Crippen LogP contribution >= 0.6 is 0 Å². The van der Waals surface area contributed by atoms with Crippen LogP contribution in [-0.4, -0.2) is 25.7 Å². The molecule has 0 atom stereocenters. The maximum absolute atomic E-state index is 8.64. The molecule has 0 amide bonds. The largest absolute Gasteiger partial charge is 0.497 e. The van der Waals surface area contributed by atoms with Crippen LogP contribution in [0.4, 0.5) is 5.82 Å². The van der Waals surface area contributed by atoms with E-state index in [2.05, 4.69) is 11.1 Å². The molecule has 0 bridgehead atoms. The highest BCUT2D eigenvalue weighted by Crippen LogP contribution is 2.27. The van der Waals surface area contributed by atoms with Crippen molar-refractivity contribution in [2.45, 2.75) is 6.42 Å². The summed E-state index contributed by atoms with van der Waals surface area (Å²) < 4.78 is 5.24. The summed E-state index contributed by atoms with van der Waals surface area (Å²) in [5.41, 5.74) is 0. The molecule has 4 heteroatoms. The second-order valence-electron chi connectivity index (χ2n) is 4.05. The van der Waals surface area contributed by atoms with Gasteiger partial charge in [-0.2, -0.15) is 5.26 Å². The summed E-state index contributed by atoms with van der Waals surface area (Å²) >= 11 is 0. The predicted molar refractivity (Wildman–Crippen MR) is 71.8 cm³/mol. The van der Waals surface area contributed by atoms with Gasteiger partial charge >= 0.3 is 0 Å². The zero-order valence-electron chi connectivity index (χ0n) is 10.6. The van der Waals surface area contributed by atoms with Gasteiger partial charge in [0, 0.05) is 25.2 Å². The molecule has 0 unspecified atom stereocenters. The second-order valence-corrected chi connectivity index (χ2v) is 4.05. The van der Waals surface area contributed by atoms with Gasteiger partial charge in [-0.1, -0.05) is 6.07 Å². The Kier molecular flexibility index (Phi) is 3.63. The first-order chi connectivity index (χ1) is 8.76. The average molecular weight is 241 g/mol. The van der Waals surface area contributed by atoms with Crippen molar-refractivity contribution in [2.75, 3.05) is 25.6 Å². The molecule has 0 aliphatic heterocycles. The van der Waals surface area contributed by atoms with Crippen LogP contribution in [0.25, 0.3) is 10.8 Å². The van der Waals surface area contributed by atoms with Crippen LogP contribution in [0.5, 0.6) is 5.75 Å². The Morgan fingerprint density at radius 1 is 1.39 bits per heavy atom. The normalized spacial score (nSPS) is 10.1. The number of nitriles is 1. The quantitative estimate of drug-likeness (QED) is 0.825. The van der Waals surface area contributed by atoms with E-state index in [4.69, 9.17) is 10.00 Å². The highest BCUT2D eigenvalue weighted by atomic mass is 16.5. The molecule has 1 aromatic heterocycles. The van der Waals surface area contributed by atoms with Crippen LogP contribution in [0, 0.1) is 11.3 Å². The van der Waals surface area contributed by atoms with Crippen molar-refractivity contribution in [1.82, 2.24) is 4.98 Å². The van der Waals surface area contributed by atoms with E-state index in [9.17, 15) is 0 Å². The Morgan fingerprint density at radius 3 is 2.94 bits per heavy atom. The number of nitrogens with zero attached hydrogens (tertiary/aromatic N) is 3. The van der Waals surface area contributed by atoms with Crippen molar-refractivity contribution in [3.63, 3.8) is 0 Å². The summed E-state index contributed by atoms with van der Waals surface area (Å²) in [6.07, 6.45) is 2.27. The van der Waals surface area contributed by atoms with Crippen molar-refractivity contribution in [1.29, 1.82) is 5.26 Å². The number of pyridine rings is 1. The zero-order valence-corrected chi connectivity index (χ0v) is 10.6. The number of rotatable bonds is 4. The molecular weight excluding hydrogens is 226 g/mol. The lowest BCUT2D eigenvalue weighted by atomic mass is 10.1. The Morgan fingerprint density at radius 2 is 2.22 bits per heavy atom. The molecule has 0 fully saturated rings. The topological polar surface area (TPSA) is 49.1 Å². The molecule has 0 aliphatic rings. The molecule has 1 heterocycles. The Bertz CT molecular complexity index is 589. The van der Waals surface area contributed by atoms with Gasteiger partial charge in [0.25, 0.3) is 0 Å². The minimum atomic E-state index is 0.485. The molecule has 1 aromatic carbocycles. The van der Waals surface area contributed by atoms with Gasteiger partial charge in [-0.15, -0.1) is 0 Å². The maximum Gasteiger partial charge on any atom is 0.136 e. The van der Waals surface area contributed by atoms with E-state index < -0.39 is 0 Å². The van der Waals surface area contributed by atoms with Crippen LogP contribution in [0.15, 0.2) is 30.5 Å². The average Bonchev–Trinajstić information content (AvgIpc) is 2.43. The van der Waals surface area contributed by atoms with E-state index in [-0.39, 0.29) is 0 Å². The summed E-state index contributed by atoms with van der Waals surface area (Å²) in [4.78, 5) is 6.39. The second kappa shape index (κ2) is 5.37. The van der Waals surface area contributed by atoms with Gasteiger partial charge in [0.1, 0.15) is 11.6 Å². The van der Waals surface area contributed by atoms with E-state index in [0.29, 0.717) is 13.0 Å². The highest BCUT2D eigenvalue weighted by Gasteiger charge is 2.08. The zero-order chi connectivity index (χ0) is 13.0. The number of fused-ring (bicyclic) bond motifs is 1. The minimum absolute atomic E-state index is 0.485. The standard InChI is InChI=1S/C14H15N3O/c1-17(9-3-7-15)14-13-10-12(18-2)5-4-11(13)6-8-16-14/h4-6,8,10H,3,9H2,1-2H3. The fourth-order valence-corrected chi connectivity index (χ4v) is 1.89. The molecule has 92 valence electrons. The first-order valence-electron chi connectivity index (χ1n) is 5.77. The molecule has 18 heavy (non-hydrogen) atoms. The van der Waals surface area contributed by atoms with Crippen molar-refractivity contribution < 1.29 is 4.74 Å². The van der Waals surface area contributed by atoms with Gasteiger partial charge in [-0.25, -0.2) is 4.98 Å². The van der Waals surface area contributed by atoms with E-state index in [0.717, 1.165) is 22.3 Å². The molecule has 0 saturated carbocycles. The smallest absolute Gasteiger partial charge is 0.136 e. The summed E-state index contributed by atoms with van der Waals surface area (Å²) in [5, 5.41) is 10.8. The van der Waals surface area contributed by atoms with Crippen molar-refractivity contribution in [2.24, 2.45) is 0 Å². The maximum atomic E-state index is 8.64. The van der Waals surface area contributed by atoms with Crippen LogP contribution in [-0.2, 0) is 0 Å². The van der Waals surface area contributed by atoms with Crippen LogP contribution < -0.4 is 9.64 Å². The van der Waals surface area contributed by atoms with Crippen molar-refractivity contribution in [3.8, 4) is 11.8 Å². The number of benzene rings is 1. The Balaban J connectivity index is 2.46. The van der Waals surface area contributed by atoms with Gasteiger partial charge in [0.15, 0.2) is 0 Å². The van der Waals surface area contributed by atoms with Crippen LogP contribution in [0.2, 0.25) is 0 Å². The molecule has 0 saturated heterocycles. The fourth-order valence-electron chi connectivity index (χ4n) is 1.89. The van der Waals surface area contributed by atoms with Crippen molar-refractivity contribution in [3.05, 3.63) is 30.5 Å². The van der Waals surface area contributed by atoms with Gasteiger partial charge in [0.05, 0.1) is 19.6 Å². The van der Waals surface area contributed by atoms with Crippen molar-refractivity contribution >= 4 is 16.6 Å². The lowest BCUT2D eigenvalue weighted by Gasteiger charge is -2.18. The van der Waals surface area contributed by atoms with Gasteiger partial charge in [-0.3, -0.25) is 0 Å². The van der Waals surface area contributed by atoms with E-state index in [1.807, 2.05) is 36.2 Å². The molecule has 2 rings (SSSR count). The molecule has 0 N–H and O–H groups in total. The number of hydrogen-bond acceptors (Lipinski definition) is 4. The van der Waals surface area contributed by atoms with Crippen LogP contribution in [0.1, 0.15) is 6.42 Å². The molecule has 0 radical (unpaired) electrons. The van der Waals surface area contributed by atoms with E-state index in [1.165, 1.54) is 0 Å². The monoisotopic (exact) mass is 241 g/mol. The third-order valence-corrected chi connectivity index (χ3v) is 2.87. The minimum Gasteiger partial charge on any atom is -0.497 e. The first kappa shape index (κ1) is 12.2. The van der Waals surface area contributed by atoms with Gasteiger partial charge < -0.3 is 9.64 Å². The van der Waals surface area contributed by atoms with Crippen LogP contribution in [0.3, 0.4) is 0 Å². The number of ether oxygens (including phenoxy) is 1. The fraction of sp³-hybridized carbons (Fsp3) is 0.286. The highest BCUT2D eigenvalue weighted by molar-refractivity contribution is 5.93. The van der Waals surface area contributed by atoms with E-state index >= 15 is 0 Å². The predicted octanol–water partition coefficient (Wildman–Crippen LogP) is 2.59. The summed E-state index contributed by atoms with van der Waals surface area (Å²) in [7, 11) is 3.59. The summed E-state index contributed by atoms with van der Waals surface area (Å²) in [6.45, 7) is 0.666. The lowest BCUT2D eigenvalue weighted by molar-refractivity contribution is 0.415. The first-order valence-corrected chi connectivity index (χ1v) is 5.77. The third-order valence-electron chi connectivity index (χ3n) is 2.87. The molecular formula is C14H15N3O. The molecule has 4 nitrogen and oxygen atoms in total.